The normalized spacial score (nSPS) is 10.9. The monoisotopic (exact) mass is 353 g/mol. The minimum Gasteiger partial charge on any atom is -0.484 e. The molecule has 2 rings (SSSR count). The van der Waals surface area contributed by atoms with Gasteiger partial charge >= 0.3 is 6.36 Å². The average molecular weight is 353 g/mol. The van der Waals surface area contributed by atoms with Crippen molar-refractivity contribution in [2.75, 3.05) is 11.9 Å². The first-order chi connectivity index (χ1) is 11.7. The smallest absolute Gasteiger partial charge is 0.484 e. The lowest BCUT2D eigenvalue weighted by molar-refractivity contribution is -0.274. The van der Waals surface area contributed by atoms with E-state index in [0.717, 1.165) is 12.1 Å². The van der Waals surface area contributed by atoms with Gasteiger partial charge in [0.25, 0.3) is 5.91 Å². The molecule has 0 fully saturated rings. The largest absolute Gasteiger partial charge is 0.573 e. The van der Waals surface area contributed by atoms with Gasteiger partial charge in [-0.15, -0.1) is 13.2 Å². The van der Waals surface area contributed by atoms with E-state index in [-0.39, 0.29) is 18.1 Å². The van der Waals surface area contributed by atoms with Crippen LogP contribution in [0.2, 0.25) is 0 Å². The van der Waals surface area contributed by atoms with Crippen LogP contribution in [0.1, 0.15) is 17.3 Å². The summed E-state index contributed by atoms with van der Waals surface area (Å²) in [4.78, 5) is 22.9. The van der Waals surface area contributed by atoms with E-state index in [2.05, 4.69) is 10.1 Å². The van der Waals surface area contributed by atoms with Gasteiger partial charge in [-0.2, -0.15) is 0 Å². The molecule has 2 aromatic rings. The zero-order valence-corrected chi connectivity index (χ0v) is 13.1. The highest BCUT2D eigenvalue weighted by Crippen LogP contribution is 2.24. The molecule has 0 saturated heterocycles. The number of carbonyl (C=O) groups is 2. The Morgan fingerprint density at radius 3 is 2.04 bits per heavy atom. The summed E-state index contributed by atoms with van der Waals surface area (Å²) < 4.78 is 45.2. The van der Waals surface area contributed by atoms with Crippen molar-refractivity contribution < 1.29 is 32.2 Å². The van der Waals surface area contributed by atoms with Crippen molar-refractivity contribution in [3.05, 3.63) is 54.1 Å². The zero-order chi connectivity index (χ0) is 18.4. The number of carbonyl (C=O) groups excluding carboxylic acids is 2. The van der Waals surface area contributed by atoms with Crippen LogP contribution in [-0.2, 0) is 4.79 Å². The summed E-state index contributed by atoms with van der Waals surface area (Å²) >= 11 is 0. The number of ether oxygens (including phenoxy) is 2. The second-order valence-corrected chi connectivity index (χ2v) is 4.99. The maximum Gasteiger partial charge on any atom is 0.573 e. The van der Waals surface area contributed by atoms with Crippen molar-refractivity contribution in [2.45, 2.75) is 13.3 Å². The first-order valence-corrected chi connectivity index (χ1v) is 7.12. The molecule has 0 bridgehead atoms. The fraction of sp³-hybridized carbons (Fsp3) is 0.176. The molecular formula is C17H14F3NO4. The fourth-order valence-electron chi connectivity index (χ4n) is 1.87. The molecule has 0 atom stereocenters. The highest BCUT2D eigenvalue weighted by atomic mass is 19.4. The Labute approximate surface area is 141 Å². The molecule has 0 aliphatic heterocycles. The Kier molecular flexibility index (Phi) is 5.63. The molecular weight excluding hydrogens is 339 g/mol. The van der Waals surface area contributed by atoms with Gasteiger partial charge in [-0.1, -0.05) is 0 Å². The van der Waals surface area contributed by atoms with E-state index in [9.17, 15) is 22.8 Å². The maximum absolute atomic E-state index is 12.1. The number of ketones is 1. The molecule has 0 radical (unpaired) electrons. The van der Waals surface area contributed by atoms with Crippen molar-refractivity contribution in [1.29, 1.82) is 0 Å². The van der Waals surface area contributed by atoms with E-state index in [0.29, 0.717) is 17.0 Å². The Balaban J connectivity index is 1.84. The first-order valence-electron chi connectivity index (χ1n) is 7.12. The summed E-state index contributed by atoms with van der Waals surface area (Å²) in [7, 11) is 0. The molecule has 0 aliphatic rings. The number of nitrogens with one attached hydrogen (secondary N) is 1. The number of rotatable bonds is 6. The van der Waals surface area contributed by atoms with Crippen LogP contribution in [0.4, 0.5) is 18.9 Å². The van der Waals surface area contributed by atoms with Crippen LogP contribution in [-0.4, -0.2) is 24.7 Å². The number of hydrogen-bond acceptors (Lipinski definition) is 4. The number of amides is 1. The van der Waals surface area contributed by atoms with Crippen LogP contribution in [0.25, 0.3) is 0 Å². The molecule has 2 aromatic carbocycles. The van der Waals surface area contributed by atoms with Gasteiger partial charge < -0.3 is 14.8 Å². The van der Waals surface area contributed by atoms with Crippen LogP contribution in [0.15, 0.2) is 48.5 Å². The number of anilines is 1. The first kappa shape index (κ1) is 18.3. The molecule has 8 heteroatoms. The lowest BCUT2D eigenvalue weighted by atomic mass is 10.1. The van der Waals surface area contributed by atoms with E-state index in [4.69, 9.17) is 4.74 Å². The average Bonchev–Trinajstić information content (AvgIpc) is 2.54. The lowest BCUT2D eigenvalue weighted by Gasteiger charge is -2.10. The number of Topliss-reactive ketones (excluding diaryl/α,β-unsaturated/α-hetero) is 1. The molecule has 0 unspecified atom stereocenters. The van der Waals surface area contributed by atoms with E-state index < -0.39 is 12.3 Å². The van der Waals surface area contributed by atoms with Gasteiger partial charge in [0.2, 0.25) is 0 Å². The Morgan fingerprint density at radius 1 is 0.960 bits per heavy atom. The molecule has 25 heavy (non-hydrogen) atoms. The molecule has 1 amide bonds. The number of benzene rings is 2. The SMILES string of the molecule is CC(=O)c1ccc(OCC(=O)Nc2ccc(OC(F)(F)F)cc2)cc1. The second-order valence-electron chi connectivity index (χ2n) is 4.99. The van der Waals surface area contributed by atoms with Gasteiger partial charge in [0.05, 0.1) is 0 Å². The van der Waals surface area contributed by atoms with Gasteiger partial charge in [0, 0.05) is 11.3 Å². The van der Waals surface area contributed by atoms with E-state index >= 15 is 0 Å². The summed E-state index contributed by atoms with van der Waals surface area (Å²) in [5.41, 5.74) is 0.827. The van der Waals surface area contributed by atoms with Crippen LogP contribution in [0, 0.1) is 0 Å². The third kappa shape index (κ3) is 6.17. The molecule has 0 aromatic heterocycles. The van der Waals surface area contributed by atoms with E-state index in [1.54, 1.807) is 24.3 Å². The zero-order valence-electron chi connectivity index (χ0n) is 13.1. The van der Waals surface area contributed by atoms with Crippen molar-refractivity contribution in [1.82, 2.24) is 0 Å². The van der Waals surface area contributed by atoms with E-state index in [1.807, 2.05) is 0 Å². The van der Waals surface area contributed by atoms with Gasteiger partial charge in [-0.05, 0) is 55.5 Å². The highest BCUT2D eigenvalue weighted by Gasteiger charge is 2.30. The Hall–Kier alpha value is -3.03. The summed E-state index contributed by atoms with van der Waals surface area (Å²) in [5.74, 6) is -0.538. The highest BCUT2D eigenvalue weighted by molar-refractivity contribution is 5.94. The standard InChI is InChI=1S/C17H14F3NO4/c1-11(22)12-2-6-14(7-3-12)24-10-16(23)21-13-4-8-15(9-5-13)25-17(18,19)20/h2-9H,10H2,1H3,(H,21,23). The molecule has 132 valence electrons. The number of hydrogen-bond donors (Lipinski definition) is 1. The maximum atomic E-state index is 12.1. The van der Waals surface area contributed by atoms with Crippen molar-refractivity contribution >= 4 is 17.4 Å². The van der Waals surface area contributed by atoms with Crippen molar-refractivity contribution in [3.63, 3.8) is 0 Å². The third-order valence-corrected chi connectivity index (χ3v) is 3.00. The predicted octanol–water partition coefficient (Wildman–Crippen LogP) is 3.81. The Morgan fingerprint density at radius 2 is 1.52 bits per heavy atom. The second kappa shape index (κ2) is 7.69. The van der Waals surface area contributed by atoms with Crippen LogP contribution in [0.3, 0.4) is 0 Å². The number of halogens is 3. The third-order valence-electron chi connectivity index (χ3n) is 3.00. The Bertz CT molecular complexity index is 740. The van der Waals surface area contributed by atoms with Crippen molar-refractivity contribution in [2.24, 2.45) is 0 Å². The van der Waals surface area contributed by atoms with Gasteiger partial charge in [-0.3, -0.25) is 9.59 Å². The van der Waals surface area contributed by atoms with Gasteiger partial charge in [0.15, 0.2) is 12.4 Å². The van der Waals surface area contributed by atoms with Gasteiger partial charge in [0.1, 0.15) is 11.5 Å². The lowest BCUT2D eigenvalue weighted by Crippen LogP contribution is -2.20. The summed E-state index contributed by atoms with van der Waals surface area (Å²) in [6.45, 7) is 1.15. The molecule has 0 heterocycles. The van der Waals surface area contributed by atoms with Crippen LogP contribution >= 0.6 is 0 Å². The molecule has 0 aliphatic carbocycles. The van der Waals surface area contributed by atoms with Crippen LogP contribution < -0.4 is 14.8 Å². The predicted molar refractivity (Wildman–Crippen MR) is 83.7 cm³/mol. The molecule has 0 spiro atoms. The quantitative estimate of drug-likeness (QED) is 0.802. The van der Waals surface area contributed by atoms with E-state index in [1.165, 1.54) is 19.1 Å². The number of alkyl halides is 3. The summed E-state index contributed by atoms with van der Waals surface area (Å²) in [6, 6.07) is 11.0. The summed E-state index contributed by atoms with van der Waals surface area (Å²) in [6.07, 6.45) is -4.77. The molecule has 5 nitrogen and oxygen atoms in total. The minimum atomic E-state index is -4.77. The van der Waals surface area contributed by atoms with Gasteiger partial charge in [-0.25, -0.2) is 0 Å². The van der Waals surface area contributed by atoms with Crippen molar-refractivity contribution in [3.8, 4) is 11.5 Å². The topological polar surface area (TPSA) is 64.6 Å². The molecule has 1 N–H and O–H groups in total. The van der Waals surface area contributed by atoms with Crippen LogP contribution in [0.5, 0.6) is 11.5 Å². The fourth-order valence-corrected chi connectivity index (χ4v) is 1.87. The summed E-state index contributed by atoms with van der Waals surface area (Å²) in [5, 5.41) is 2.48. The minimum absolute atomic E-state index is 0.0813. The molecule has 0 saturated carbocycles.